The van der Waals surface area contributed by atoms with Gasteiger partial charge in [0.1, 0.15) is 11.5 Å². The van der Waals surface area contributed by atoms with Gasteiger partial charge in [0.05, 0.1) is 6.04 Å². The third kappa shape index (κ3) is 3.45. The molecule has 1 aliphatic carbocycles. The zero-order valence-electron chi connectivity index (χ0n) is 16.4. The molecule has 144 valence electrons. The van der Waals surface area contributed by atoms with Crippen LogP contribution in [0.25, 0.3) is 11.4 Å². The van der Waals surface area contributed by atoms with Gasteiger partial charge in [0.2, 0.25) is 0 Å². The van der Waals surface area contributed by atoms with Crippen LogP contribution in [0.2, 0.25) is 5.02 Å². The summed E-state index contributed by atoms with van der Waals surface area (Å²) in [5, 5.41) is 3.89. The molecule has 1 aliphatic rings. The molecule has 0 saturated heterocycles. The van der Waals surface area contributed by atoms with E-state index in [1.54, 1.807) is 0 Å². The number of rotatable bonds is 4. The molecule has 0 bridgehead atoms. The number of aryl methyl sites for hydroxylation is 4. The highest BCUT2D eigenvalue weighted by atomic mass is 35.5. The highest BCUT2D eigenvalue weighted by molar-refractivity contribution is 6.30. The largest absolute Gasteiger partial charge is 0.344 e. The number of amides is 1. The number of aromatic nitrogens is 2. The summed E-state index contributed by atoms with van der Waals surface area (Å²) >= 11 is 5.98. The van der Waals surface area contributed by atoms with Gasteiger partial charge in [0, 0.05) is 16.3 Å². The summed E-state index contributed by atoms with van der Waals surface area (Å²) < 4.78 is 0. The molecule has 28 heavy (non-hydrogen) atoms. The van der Waals surface area contributed by atoms with Crippen LogP contribution in [0.5, 0.6) is 0 Å². The maximum atomic E-state index is 13.1. The van der Waals surface area contributed by atoms with Gasteiger partial charge in [-0.25, -0.2) is 4.98 Å². The van der Waals surface area contributed by atoms with E-state index < -0.39 is 0 Å². The maximum absolute atomic E-state index is 13.1. The van der Waals surface area contributed by atoms with E-state index in [2.05, 4.69) is 41.3 Å². The number of halogens is 1. The first-order valence-electron chi connectivity index (χ1n) is 9.72. The Morgan fingerprint density at radius 1 is 1.25 bits per heavy atom. The summed E-state index contributed by atoms with van der Waals surface area (Å²) in [6, 6.07) is 11.9. The molecule has 1 amide bonds. The first kappa shape index (κ1) is 18.8. The number of carbonyl (C=O) groups is 1. The molecule has 5 heteroatoms. The van der Waals surface area contributed by atoms with Crippen molar-refractivity contribution in [2.24, 2.45) is 0 Å². The highest BCUT2D eigenvalue weighted by Gasteiger charge is 2.28. The van der Waals surface area contributed by atoms with E-state index >= 15 is 0 Å². The Morgan fingerprint density at radius 3 is 2.71 bits per heavy atom. The number of H-pyrrole nitrogens is 1. The van der Waals surface area contributed by atoms with Crippen LogP contribution in [0.3, 0.4) is 0 Å². The molecular formula is C23H24ClN3O. The SMILES string of the molecule is CCc1[nH]c(-c2ccc(Cl)cc2)nc1C(=O)NC1CCc2cc(C)cc(C)c21. The lowest BCUT2D eigenvalue weighted by atomic mass is 9.99. The van der Waals surface area contributed by atoms with Crippen molar-refractivity contribution in [1.29, 1.82) is 0 Å². The minimum atomic E-state index is -0.119. The van der Waals surface area contributed by atoms with E-state index in [4.69, 9.17) is 11.6 Å². The molecule has 0 aliphatic heterocycles. The second-order valence-electron chi connectivity index (χ2n) is 7.49. The van der Waals surface area contributed by atoms with Crippen molar-refractivity contribution < 1.29 is 4.79 Å². The minimum Gasteiger partial charge on any atom is -0.344 e. The highest BCUT2D eigenvalue weighted by Crippen LogP contribution is 2.35. The molecule has 4 rings (SSSR count). The van der Waals surface area contributed by atoms with Crippen molar-refractivity contribution >= 4 is 17.5 Å². The second kappa shape index (κ2) is 7.44. The average molecular weight is 394 g/mol. The number of hydrogen-bond donors (Lipinski definition) is 2. The van der Waals surface area contributed by atoms with Crippen LogP contribution in [-0.2, 0) is 12.8 Å². The number of fused-ring (bicyclic) bond motifs is 1. The second-order valence-corrected chi connectivity index (χ2v) is 7.93. The van der Waals surface area contributed by atoms with Gasteiger partial charge in [0.25, 0.3) is 5.91 Å². The molecular weight excluding hydrogens is 370 g/mol. The van der Waals surface area contributed by atoms with Gasteiger partial charge in [-0.1, -0.05) is 36.2 Å². The van der Waals surface area contributed by atoms with Crippen LogP contribution < -0.4 is 5.32 Å². The molecule has 2 N–H and O–H groups in total. The fraction of sp³-hybridized carbons (Fsp3) is 0.304. The molecule has 1 atom stereocenters. The topological polar surface area (TPSA) is 57.8 Å². The van der Waals surface area contributed by atoms with Crippen LogP contribution in [0, 0.1) is 13.8 Å². The summed E-state index contributed by atoms with van der Waals surface area (Å²) in [6.07, 6.45) is 2.64. The predicted molar refractivity (Wildman–Crippen MR) is 113 cm³/mol. The number of nitrogens with zero attached hydrogens (tertiary/aromatic N) is 1. The van der Waals surface area contributed by atoms with Crippen LogP contribution in [-0.4, -0.2) is 15.9 Å². The Hall–Kier alpha value is -2.59. The Bertz CT molecular complexity index is 1040. The Morgan fingerprint density at radius 2 is 2.00 bits per heavy atom. The lowest BCUT2D eigenvalue weighted by molar-refractivity contribution is 0.0931. The van der Waals surface area contributed by atoms with E-state index in [1.165, 1.54) is 22.3 Å². The summed E-state index contributed by atoms with van der Waals surface area (Å²) in [6.45, 7) is 6.27. The van der Waals surface area contributed by atoms with Gasteiger partial charge in [-0.15, -0.1) is 0 Å². The molecule has 0 spiro atoms. The van der Waals surface area contributed by atoms with Crippen molar-refractivity contribution in [3.8, 4) is 11.4 Å². The first-order chi connectivity index (χ1) is 13.5. The molecule has 0 saturated carbocycles. The summed E-state index contributed by atoms with van der Waals surface area (Å²) in [7, 11) is 0. The Labute approximate surface area is 170 Å². The Kier molecular flexibility index (Phi) is 4.98. The van der Waals surface area contributed by atoms with Gasteiger partial charge in [0.15, 0.2) is 0 Å². The van der Waals surface area contributed by atoms with Crippen molar-refractivity contribution in [3.05, 3.63) is 75.1 Å². The van der Waals surface area contributed by atoms with E-state index in [-0.39, 0.29) is 11.9 Å². The summed E-state index contributed by atoms with van der Waals surface area (Å²) in [5.74, 6) is 0.573. The van der Waals surface area contributed by atoms with Gasteiger partial charge in [-0.3, -0.25) is 4.79 Å². The average Bonchev–Trinajstić information content (AvgIpc) is 3.26. The van der Waals surface area contributed by atoms with E-state index in [1.807, 2.05) is 31.2 Å². The fourth-order valence-corrected chi connectivity index (χ4v) is 4.31. The number of hydrogen-bond acceptors (Lipinski definition) is 2. The quantitative estimate of drug-likeness (QED) is 0.629. The minimum absolute atomic E-state index is 0.0449. The van der Waals surface area contributed by atoms with Crippen LogP contribution in [0.4, 0.5) is 0 Å². The molecule has 1 heterocycles. The van der Waals surface area contributed by atoms with Crippen LogP contribution in [0.1, 0.15) is 57.8 Å². The molecule has 0 radical (unpaired) electrons. The third-order valence-electron chi connectivity index (χ3n) is 5.44. The lowest BCUT2D eigenvalue weighted by Crippen LogP contribution is -2.28. The van der Waals surface area contributed by atoms with E-state index in [9.17, 15) is 4.79 Å². The monoisotopic (exact) mass is 393 g/mol. The molecule has 3 aromatic rings. The van der Waals surface area contributed by atoms with Crippen LogP contribution in [0.15, 0.2) is 36.4 Å². The van der Waals surface area contributed by atoms with Crippen molar-refractivity contribution in [2.75, 3.05) is 0 Å². The van der Waals surface area contributed by atoms with Gasteiger partial charge in [-0.05, 0) is 74.1 Å². The van der Waals surface area contributed by atoms with Crippen molar-refractivity contribution in [3.63, 3.8) is 0 Å². The first-order valence-corrected chi connectivity index (χ1v) is 10.1. The van der Waals surface area contributed by atoms with Crippen LogP contribution >= 0.6 is 11.6 Å². The number of benzene rings is 2. The third-order valence-corrected chi connectivity index (χ3v) is 5.69. The Balaban J connectivity index is 1.61. The zero-order valence-corrected chi connectivity index (χ0v) is 17.2. The lowest BCUT2D eigenvalue weighted by Gasteiger charge is -2.16. The standard InChI is InChI=1S/C23H24ClN3O/c1-4-18-21(27-22(25-18)15-5-8-17(24)9-6-15)23(28)26-19-10-7-16-12-13(2)11-14(3)20(16)19/h5-6,8-9,11-12,19H,4,7,10H2,1-3H3,(H,25,27)(H,26,28). The number of aromatic amines is 1. The van der Waals surface area contributed by atoms with Gasteiger partial charge in [-0.2, -0.15) is 0 Å². The maximum Gasteiger partial charge on any atom is 0.272 e. The normalized spacial score (nSPS) is 15.5. The number of nitrogens with one attached hydrogen (secondary N) is 2. The zero-order chi connectivity index (χ0) is 19.8. The number of imidazole rings is 1. The predicted octanol–water partition coefficient (Wildman–Crippen LogP) is 5.33. The molecule has 2 aromatic carbocycles. The molecule has 1 unspecified atom stereocenters. The van der Waals surface area contributed by atoms with Gasteiger partial charge < -0.3 is 10.3 Å². The van der Waals surface area contributed by atoms with E-state index in [0.717, 1.165) is 24.1 Å². The van der Waals surface area contributed by atoms with E-state index in [0.29, 0.717) is 23.0 Å². The van der Waals surface area contributed by atoms with Crippen molar-refractivity contribution in [2.45, 2.75) is 46.1 Å². The molecule has 0 fully saturated rings. The number of carbonyl (C=O) groups excluding carboxylic acids is 1. The molecule has 4 nitrogen and oxygen atoms in total. The fourth-order valence-electron chi connectivity index (χ4n) is 4.18. The smallest absolute Gasteiger partial charge is 0.272 e. The molecule has 1 aromatic heterocycles. The summed E-state index contributed by atoms with van der Waals surface area (Å²) in [5.41, 5.74) is 7.38. The van der Waals surface area contributed by atoms with Gasteiger partial charge >= 0.3 is 0 Å². The summed E-state index contributed by atoms with van der Waals surface area (Å²) in [4.78, 5) is 21.0. The van der Waals surface area contributed by atoms with Crippen molar-refractivity contribution in [1.82, 2.24) is 15.3 Å².